The maximum Gasteiger partial charge on any atom is 0.213 e. The fourth-order valence-electron chi connectivity index (χ4n) is 4.79. The van der Waals surface area contributed by atoms with Gasteiger partial charge in [0.1, 0.15) is 0 Å². The highest BCUT2D eigenvalue weighted by Crippen LogP contribution is 2.53. The zero-order valence-corrected chi connectivity index (χ0v) is 25.2. The molecule has 4 nitrogen and oxygen atoms in total. The molecule has 1 aromatic heterocycles. The summed E-state index contributed by atoms with van der Waals surface area (Å²) in [6.45, 7) is 26.4. The first-order valence-corrected chi connectivity index (χ1v) is 18.3. The molecule has 0 saturated carbocycles. The minimum Gasteiger partial charge on any atom is -0.481 e. The van der Waals surface area contributed by atoms with Crippen molar-refractivity contribution in [2.45, 2.75) is 109 Å². The van der Waals surface area contributed by atoms with E-state index < -0.39 is 16.6 Å². The van der Waals surface area contributed by atoms with Gasteiger partial charge in [0.05, 0.1) is 13.2 Å². The third kappa shape index (κ3) is 4.91. The van der Waals surface area contributed by atoms with E-state index in [-0.39, 0.29) is 21.6 Å². The normalized spacial score (nSPS) is 26.0. The van der Waals surface area contributed by atoms with Crippen molar-refractivity contribution in [3.05, 3.63) is 35.0 Å². The summed E-state index contributed by atoms with van der Waals surface area (Å²) in [5.74, 6) is 1.000. The van der Waals surface area contributed by atoms with Gasteiger partial charge in [-0.25, -0.2) is 4.98 Å². The first-order chi connectivity index (χ1) is 14.9. The van der Waals surface area contributed by atoms with Crippen molar-refractivity contribution in [3.63, 3.8) is 0 Å². The van der Waals surface area contributed by atoms with Crippen LogP contribution in [-0.4, -0.2) is 41.4 Å². The Morgan fingerprint density at radius 1 is 1.00 bits per heavy atom. The maximum atomic E-state index is 7.30. The van der Waals surface area contributed by atoms with Crippen molar-refractivity contribution in [1.29, 1.82) is 0 Å². The smallest absolute Gasteiger partial charge is 0.213 e. The zero-order valence-electron chi connectivity index (χ0n) is 23.2. The number of ether oxygens (including phenoxy) is 1. The molecule has 2 aliphatic rings. The van der Waals surface area contributed by atoms with Gasteiger partial charge in [-0.1, -0.05) is 59.3 Å². The second kappa shape index (κ2) is 8.61. The predicted molar refractivity (Wildman–Crippen MR) is 143 cm³/mol. The Morgan fingerprint density at radius 2 is 1.61 bits per heavy atom. The lowest BCUT2D eigenvalue weighted by molar-refractivity contribution is 0.00477. The van der Waals surface area contributed by atoms with E-state index in [0.29, 0.717) is 18.4 Å². The molecule has 2 bridgehead atoms. The fourth-order valence-corrected chi connectivity index (χ4v) is 7.23. The molecule has 0 amide bonds. The van der Waals surface area contributed by atoms with E-state index in [4.69, 9.17) is 18.6 Å². The van der Waals surface area contributed by atoms with Crippen molar-refractivity contribution in [2.24, 2.45) is 5.92 Å². The van der Waals surface area contributed by atoms with Gasteiger partial charge in [-0.05, 0) is 61.6 Å². The molecule has 33 heavy (non-hydrogen) atoms. The van der Waals surface area contributed by atoms with Gasteiger partial charge in [-0.2, -0.15) is 0 Å². The number of pyridine rings is 1. The number of aromatic nitrogens is 1. The average molecular weight is 490 g/mol. The largest absolute Gasteiger partial charge is 0.481 e. The molecule has 0 radical (unpaired) electrons. The number of fused-ring (bicyclic) bond motifs is 4. The van der Waals surface area contributed by atoms with Crippen LogP contribution in [0.4, 0.5) is 0 Å². The molecule has 2 aliphatic carbocycles. The van der Waals surface area contributed by atoms with E-state index in [0.717, 1.165) is 18.5 Å². The van der Waals surface area contributed by atoms with Crippen molar-refractivity contribution in [3.8, 4) is 5.88 Å². The van der Waals surface area contributed by atoms with E-state index >= 15 is 0 Å². The van der Waals surface area contributed by atoms with E-state index in [9.17, 15) is 0 Å². The SMILES string of the molecule is COc1ccc2c(n1)C[C@@H]1C=C(C)C[C@@]2(CO[Si](C)(C)C(C)(C)C)[C@@H]1O[Si](C)(C)C(C)(C)C. The number of hydrogen-bond donors (Lipinski definition) is 0. The molecule has 0 aromatic carbocycles. The number of nitrogens with zero attached hydrogens (tertiary/aromatic N) is 1. The minimum atomic E-state index is -2.00. The van der Waals surface area contributed by atoms with Gasteiger partial charge in [0, 0.05) is 29.7 Å². The fraction of sp³-hybridized carbons (Fsp3) is 0.741. The molecule has 0 unspecified atom stereocenters. The molecule has 186 valence electrons. The van der Waals surface area contributed by atoms with E-state index in [1.165, 1.54) is 11.1 Å². The Bertz CT molecular complexity index is 911. The molecule has 3 rings (SSSR count). The minimum absolute atomic E-state index is 0.106. The Kier molecular flexibility index (Phi) is 6.95. The lowest BCUT2D eigenvalue weighted by atomic mass is 9.60. The van der Waals surface area contributed by atoms with Gasteiger partial charge >= 0.3 is 0 Å². The molecule has 0 aliphatic heterocycles. The van der Waals surface area contributed by atoms with Gasteiger partial charge in [0.15, 0.2) is 16.6 Å². The summed E-state index contributed by atoms with van der Waals surface area (Å²) in [5.41, 5.74) is 3.67. The quantitative estimate of drug-likeness (QED) is 0.311. The van der Waals surface area contributed by atoms with Crippen LogP contribution >= 0.6 is 0 Å². The lowest BCUT2D eigenvalue weighted by Gasteiger charge is -2.55. The van der Waals surface area contributed by atoms with Crippen LogP contribution in [0.1, 0.15) is 66.1 Å². The first-order valence-electron chi connectivity index (χ1n) is 12.5. The molecule has 3 atom stereocenters. The zero-order chi connectivity index (χ0) is 25.0. The molecule has 1 heterocycles. The van der Waals surface area contributed by atoms with E-state index in [1.807, 2.05) is 6.07 Å². The molecular formula is C27H47NO3Si2. The van der Waals surface area contributed by atoms with Crippen LogP contribution in [0.5, 0.6) is 5.88 Å². The number of allylic oxidation sites excluding steroid dienone is 1. The second-order valence-corrected chi connectivity index (χ2v) is 23.0. The van der Waals surface area contributed by atoms with Crippen LogP contribution in [0.15, 0.2) is 23.8 Å². The van der Waals surface area contributed by atoms with Gasteiger partial charge in [-0.3, -0.25) is 0 Å². The van der Waals surface area contributed by atoms with Crippen LogP contribution in [0, 0.1) is 5.92 Å². The number of rotatable bonds is 6. The lowest BCUT2D eigenvalue weighted by Crippen LogP contribution is -2.60. The summed E-state index contributed by atoms with van der Waals surface area (Å²) in [6.07, 6.45) is 4.41. The summed E-state index contributed by atoms with van der Waals surface area (Å²) in [6, 6.07) is 4.26. The molecule has 0 spiro atoms. The summed E-state index contributed by atoms with van der Waals surface area (Å²) in [5, 5.41) is 0.313. The third-order valence-corrected chi connectivity index (χ3v) is 17.8. The molecule has 0 saturated heterocycles. The van der Waals surface area contributed by atoms with Crippen molar-refractivity contribution in [1.82, 2.24) is 4.98 Å². The van der Waals surface area contributed by atoms with Gasteiger partial charge < -0.3 is 13.6 Å². The van der Waals surface area contributed by atoms with Crippen molar-refractivity contribution in [2.75, 3.05) is 13.7 Å². The molecular weight excluding hydrogens is 442 g/mol. The van der Waals surface area contributed by atoms with Crippen LogP contribution in [0.2, 0.25) is 36.3 Å². The van der Waals surface area contributed by atoms with Crippen LogP contribution < -0.4 is 4.74 Å². The van der Waals surface area contributed by atoms with Gasteiger partial charge in [0.25, 0.3) is 0 Å². The summed E-state index contributed by atoms with van der Waals surface area (Å²) >= 11 is 0. The van der Waals surface area contributed by atoms with Gasteiger partial charge in [-0.15, -0.1) is 0 Å². The van der Waals surface area contributed by atoms with Crippen LogP contribution in [0.25, 0.3) is 0 Å². The van der Waals surface area contributed by atoms with Crippen molar-refractivity contribution < 1.29 is 13.6 Å². The third-order valence-electron chi connectivity index (χ3n) is 8.87. The Labute approximate surface area is 204 Å². The predicted octanol–water partition coefficient (Wildman–Crippen LogP) is 7.26. The second-order valence-electron chi connectivity index (χ2n) is 13.4. The van der Waals surface area contributed by atoms with Crippen molar-refractivity contribution >= 4 is 16.6 Å². The molecule has 0 N–H and O–H groups in total. The summed E-state index contributed by atoms with van der Waals surface area (Å²) in [7, 11) is -2.24. The highest BCUT2D eigenvalue weighted by molar-refractivity contribution is 6.74. The van der Waals surface area contributed by atoms with Crippen LogP contribution in [-0.2, 0) is 20.7 Å². The van der Waals surface area contributed by atoms with E-state index in [2.05, 4.69) is 86.8 Å². The standard InChI is InChI=1S/C27H47NO3Si2/c1-19-15-20-16-22-21(13-14-23(28-22)29-8)27(17-19,18-30-32(9,10)25(2,3)4)24(20)31-33(11,12)26(5,6)7/h13-15,20,24H,16-18H2,1-12H3/t20-,24+,27-/m0/s1. The van der Waals surface area contributed by atoms with Crippen LogP contribution in [0.3, 0.4) is 0 Å². The highest BCUT2D eigenvalue weighted by atomic mass is 28.4. The summed E-state index contributed by atoms with van der Waals surface area (Å²) < 4.78 is 19.8. The first kappa shape index (κ1) is 26.6. The Hall–Kier alpha value is -0.956. The topological polar surface area (TPSA) is 40.6 Å². The number of methoxy groups -OCH3 is 1. The molecule has 1 aromatic rings. The molecule has 0 fully saturated rings. The van der Waals surface area contributed by atoms with Gasteiger partial charge in [0.2, 0.25) is 5.88 Å². The number of hydrogen-bond acceptors (Lipinski definition) is 4. The Balaban J connectivity index is 2.15. The Morgan fingerprint density at radius 3 is 2.15 bits per heavy atom. The maximum absolute atomic E-state index is 7.30. The highest BCUT2D eigenvalue weighted by Gasteiger charge is 2.56. The monoisotopic (exact) mass is 489 g/mol. The molecule has 6 heteroatoms. The van der Waals surface area contributed by atoms with E-state index in [1.54, 1.807) is 7.11 Å². The average Bonchev–Trinajstić information content (AvgIpc) is 2.65. The summed E-state index contributed by atoms with van der Waals surface area (Å²) in [4.78, 5) is 4.92.